The summed E-state index contributed by atoms with van der Waals surface area (Å²) in [6.45, 7) is 7.51. The van der Waals surface area contributed by atoms with Crippen LogP contribution >= 0.6 is 0 Å². The van der Waals surface area contributed by atoms with Crippen LogP contribution in [0.4, 0.5) is 0 Å². The zero-order valence-corrected chi connectivity index (χ0v) is 8.93. The molecule has 0 spiro atoms. The van der Waals surface area contributed by atoms with Crippen molar-refractivity contribution in [2.45, 2.75) is 46.1 Å². The van der Waals surface area contributed by atoms with Crippen molar-refractivity contribution in [1.82, 2.24) is 0 Å². The van der Waals surface area contributed by atoms with E-state index in [2.05, 4.69) is 20.8 Å². The molecule has 0 aromatic rings. The van der Waals surface area contributed by atoms with Crippen molar-refractivity contribution in [2.75, 3.05) is 6.54 Å². The van der Waals surface area contributed by atoms with Gasteiger partial charge in [-0.15, -0.1) is 0 Å². The van der Waals surface area contributed by atoms with Crippen LogP contribution in [0.5, 0.6) is 0 Å². The summed E-state index contributed by atoms with van der Waals surface area (Å²) in [6, 6.07) is 0. The lowest BCUT2D eigenvalue weighted by atomic mass is 9.65. The van der Waals surface area contributed by atoms with Crippen molar-refractivity contribution in [2.24, 2.45) is 22.0 Å². The Balaban J connectivity index is 2.46. The summed E-state index contributed by atoms with van der Waals surface area (Å²) in [5, 5.41) is 10.1. The Kier molecular flexibility index (Phi) is 1.67. The molecule has 2 rings (SSSR count). The van der Waals surface area contributed by atoms with E-state index >= 15 is 0 Å². The van der Waals surface area contributed by atoms with E-state index in [0.717, 1.165) is 19.4 Å². The van der Waals surface area contributed by atoms with E-state index in [1.54, 1.807) is 0 Å². The highest BCUT2D eigenvalue weighted by atomic mass is 16.3. The SMILES string of the molecule is CC1(C)[C@@]2(CN)CC[C@]1(C)[C@H](O)C2. The Morgan fingerprint density at radius 2 is 1.92 bits per heavy atom. The molecule has 0 aliphatic heterocycles. The second-order valence-electron chi connectivity index (χ2n) is 5.75. The van der Waals surface area contributed by atoms with Gasteiger partial charge in [0.05, 0.1) is 6.10 Å². The summed E-state index contributed by atoms with van der Waals surface area (Å²) in [5.74, 6) is 0. The first kappa shape index (κ1) is 9.47. The van der Waals surface area contributed by atoms with Crippen LogP contribution in [-0.2, 0) is 0 Å². The number of rotatable bonds is 1. The number of aliphatic hydroxyl groups excluding tert-OH is 1. The molecule has 13 heavy (non-hydrogen) atoms. The summed E-state index contributed by atoms with van der Waals surface area (Å²) in [7, 11) is 0. The average Bonchev–Trinajstić information content (AvgIpc) is 2.34. The van der Waals surface area contributed by atoms with Crippen LogP contribution in [0.15, 0.2) is 0 Å². The van der Waals surface area contributed by atoms with Crippen molar-refractivity contribution >= 4 is 0 Å². The molecular weight excluding hydrogens is 162 g/mol. The smallest absolute Gasteiger partial charge is 0.0605 e. The van der Waals surface area contributed by atoms with Gasteiger partial charge in [-0.05, 0) is 42.1 Å². The van der Waals surface area contributed by atoms with E-state index in [0.29, 0.717) is 0 Å². The maximum atomic E-state index is 10.1. The Hall–Kier alpha value is -0.0800. The second-order valence-corrected chi connectivity index (χ2v) is 5.75. The van der Waals surface area contributed by atoms with E-state index < -0.39 is 0 Å². The third-order valence-corrected chi connectivity index (χ3v) is 5.59. The molecule has 2 nitrogen and oxygen atoms in total. The van der Waals surface area contributed by atoms with Gasteiger partial charge >= 0.3 is 0 Å². The summed E-state index contributed by atoms with van der Waals surface area (Å²) < 4.78 is 0. The van der Waals surface area contributed by atoms with E-state index in [1.807, 2.05) is 0 Å². The fourth-order valence-corrected chi connectivity index (χ4v) is 3.71. The quantitative estimate of drug-likeness (QED) is 0.647. The lowest BCUT2D eigenvalue weighted by molar-refractivity contribution is 0.0113. The van der Waals surface area contributed by atoms with Gasteiger partial charge in [-0.2, -0.15) is 0 Å². The van der Waals surface area contributed by atoms with Gasteiger partial charge in [0.1, 0.15) is 0 Å². The molecule has 0 aromatic heterocycles. The monoisotopic (exact) mass is 183 g/mol. The zero-order chi connectivity index (χ0) is 9.91. The van der Waals surface area contributed by atoms with Gasteiger partial charge in [-0.25, -0.2) is 0 Å². The summed E-state index contributed by atoms with van der Waals surface area (Å²) in [4.78, 5) is 0. The highest BCUT2D eigenvalue weighted by Crippen LogP contribution is 2.71. The molecular formula is C11H21NO. The number of hydrogen-bond donors (Lipinski definition) is 2. The molecule has 0 unspecified atom stereocenters. The average molecular weight is 183 g/mol. The van der Waals surface area contributed by atoms with Gasteiger partial charge in [-0.1, -0.05) is 20.8 Å². The highest BCUT2D eigenvalue weighted by Gasteiger charge is 2.68. The van der Waals surface area contributed by atoms with Crippen LogP contribution in [-0.4, -0.2) is 17.8 Å². The maximum Gasteiger partial charge on any atom is 0.0605 e. The van der Waals surface area contributed by atoms with Crippen LogP contribution < -0.4 is 5.73 Å². The van der Waals surface area contributed by atoms with E-state index in [1.165, 1.54) is 6.42 Å². The highest BCUT2D eigenvalue weighted by molar-refractivity contribution is 5.18. The lowest BCUT2D eigenvalue weighted by Gasteiger charge is -2.40. The van der Waals surface area contributed by atoms with Crippen molar-refractivity contribution < 1.29 is 5.11 Å². The summed E-state index contributed by atoms with van der Waals surface area (Å²) in [6.07, 6.45) is 3.11. The van der Waals surface area contributed by atoms with Gasteiger partial charge in [0.15, 0.2) is 0 Å². The lowest BCUT2D eigenvalue weighted by Crippen LogP contribution is -2.40. The topological polar surface area (TPSA) is 46.2 Å². The number of aliphatic hydroxyl groups is 1. The van der Waals surface area contributed by atoms with Gasteiger partial charge in [0.25, 0.3) is 0 Å². The first-order chi connectivity index (χ1) is 5.90. The van der Waals surface area contributed by atoms with E-state index in [-0.39, 0.29) is 22.3 Å². The zero-order valence-electron chi connectivity index (χ0n) is 8.93. The van der Waals surface area contributed by atoms with Crippen molar-refractivity contribution in [3.63, 3.8) is 0 Å². The van der Waals surface area contributed by atoms with Crippen molar-refractivity contribution in [3.8, 4) is 0 Å². The predicted molar refractivity (Wildman–Crippen MR) is 53.2 cm³/mol. The molecule has 2 aliphatic rings. The molecule has 0 saturated heterocycles. The minimum Gasteiger partial charge on any atom is -0.393 e. The Morgan fingerprint density at radius 1 is 1.31 bits per heavy atom. The molecule has 0 radical (unpaired) electrons. The number of nitrogens with two attached hydrogens (primary N) is 1. The third kappa shape index (κ3) is 0.774. The number of fused-ring (bicyclic) bond motifs is 2. The third-order valence-electron chi connectivity index (χ3n) is 5.59. The molecule has 2 bridgehead atoms. The normalized spacial score (nSPS) is 52.8. The number of hydrogen-bond acceptors (Lipinski definition) is 2. The molecule has 0 aromatic carbocycles. The largest absolute Gasteiger partial charge is 0.393 e. The van der Waals surface area contributed by atoms with Crippen LogP contribution in [0, 0.1) is 16.2 Å². The van der Waals surface area contributed by atoms with Gasteiger partial charge in [-0.3, -0.25) is 0 Å². The Labute approximate surface area is 80.5 Å². The van der Waals surface area contributed by atoms with E-state index in [9.17, 15) is 5.11 Å². The molecule has 3 N–H and O–H groups in total. The first-order valence-corrected chi connectivity index (χ1v) is 5.28. The maximum absolute atomic E-state index is 10.1. The van der Waals surface area contributed by atoms with Crippen molar-refractivity contribution in [3.05, 3.63) is 0 Å². The van der Waals surface area contributed by atoms with Crippen LogP contribution in [0.25, 0.3) is 0 Å². The minimum absolute atomic E-state index is 0.104. The molecule has 3 atom stereocenters. The summed E-state index contributed by atoms with van der Waals surface area (Å²) in [5.41, 5.74) is 6.41. The standard InChI is InChI=1S/C11H21NO/c1-9(2)10(3)4-5-11(9,7-12)6-8(10)13/h8,13H,4-7,12H2,1-3H3/t8-,10-,11+/m1/s1. The minimum atomic E-state index is -0.139. The van der Waals surface area contributed by atoms with Gasteiger partial charge in [0.2, 0.25) is 0 Å². The van der Waals surface area contributed by atoms with Crippen molar-refractivity contribution in [1.29, 1.82) is 0 Å². The van der Waals surface area contributed by atoms with Gasteiger partial charge in [0, 0.05) is 0 Å². The van der Waals surface area contributed by atoms with Crippen LogP contribution in [0.2, 0.25) is 0 Å². The van der Waals surface area contributed by atoms with E-state index in [4.69, 9.17) is 5.73 Å². The van der Waals surface area contributed by atoms with Crippen LogP contribution in [0.1, 0.15) is 40.0 Å². The van der Waals surface area contributed by atoms with Gasteiger partial charge < -0.3 is 10.8 Å². The molecule has 2 heteroatoms. The molecule has 0 heterocycles. The molecule has 2 saturated carbocycles. The van der Waals surface area contributed by atoms with Crippen LogP contribution in [0.3, 0.4) is 0 Å². The fourth-order valence-electron chi connectivity index (χ4n) is 3.71. The Bertz CT molecular complexity index is 238. The molecule has 2 aliphatic carbocycles. The molecule has 0 amide bonds. The molecule has 76 valence electrons. The second kappa shape index (κ2) is 2.29. The summed E-state index contributed by atoms with van der Waals surface area (Å²) >= 11 is 0. The predicted octanol–water partition coefficient (Wildman–Crippen LogP) is 1.52. The first-order valence-electron chi connectivity index (χ1n) is 5.28. The fraction of sp³-hybridized carbons (Fsp3) is 1.00. The Morgan fingerprint density at radius 3 is 2.15 bits per heavy atom. The molecule has 2 fully saturated rings.